The van der Waals surface area contributed by atoms with Gasteiger partial charge in [-0.3, -0.25) is 4.79 Å². The fraction of sp³-hybridized carbons (Fsp3) is 0.385. The van der Waals surface area contributed by atoms with Gasteiger partial charge in [0.1, 0.15) is 76.7 Å². The molecule has 2 saturated heterocycles. The fourth-order valence-electron chi connectivity index (χ4n) is 4.87. The van der Waals surface area contributed by atoms with Gasteiger partial charge in [0, 0.05) is 17.7 Å². The summed E-state index contributed by atoms with van der Waals surface area (Å²) in [5, 5.41) is 91.8. The third-order valence-corrected chi connectivity index (χ3v) is 7.03. The van der Waals surface area contributed by atoms with E-state index in [2.05, 4.69) is 0 Å². The maximum Gasteiger partial charge on any atom is 0.335 e. The van der Waals surface area contributed by atoms with Gasteiger partial charge in [0.15, 0.2) is 17.8 Å². The number of carbonyl (C=O) groups is 1. The van der Waals surface area contributed by atoms with Crippen LogP contribution in [0.15, 0.2) is 45.6 Å². The van der Waals surface area contributed by atoms with Crippen molar-refractivity contribution in [1.82, 2.24) is 0 Å². The van der Waals surface area contributed by atoms with E-state index in [9.17, 15) is 55.5 Å². The van der Waals surface area contributed by atoms with Gasteiger partial charge >= 0.3 is 5.97 Å². The van der Waals surface area contributed by atoms with E-state index in [1.807, 2.05) is 0 Å². The molecule has 2 aromatic carbocycles. The Balaban J connectivity index is 1.55. The molecular formula is C26H26O15. The summed E-state index contributed by atoms with van der Waals surface area (Å²) < 4.78 is 21.9. The zero-order valence-electron chi connectivity index (χ0n) is 20.8. The quantitative estimate of drug-likeness (QED) is 0.169. The monoisotopic (exact) mass is 578 g/mol. The van der Waals surface area contributed by atoms with Crippen LogP contribution in [0.25, 0.3) is 22.3 Å². The highest BCUT2D eigenvalue weighted by Crippen LogP contribution is 2.45. The van der Waals surface area contributed by atoms with E-state index in [1.54, 1.807) is 0 Å². The summed E-state index contributed by atoms with van der Waals surface area (Å²) in [5.74, 6) is -3.18. The lowest BCUT2D eigenvalue weighted by atomic mass is 9.91. The number of phenols is 3. The molecule has 15 nitrogen and oxygen atoms in total. The second kappa shape index (κ2) is 10.9. The van der Waals surface area contributed by atoms with Crippen molar-refractivity contribution in [1.29, 1.82) is 0 Å². The first-order valence-electron chi connectivity index (χ1n) is 12.3. The molecule has 0 spiro atoms. The molecule has 9 atom stereocenters. The van der Waals surface area contributed by atoms with Gasteiger partial charge in [-0.15, -0.1) is 0 Å². The van der Waals surface area contributed by atoms with Crippen LogP contribution in [0, 0.1) is 0 Å². The molecule has 3 aromatic rings. The van der Waals surface area contributed by atoms with Crippen molar-refractivity contribution in [3.63, 3.8) is 0 Å². The number of hydrogen-bond donors (Lipinski definition) is 9. The Labute approximate surface area is 229 Å². The standard InChI is InChI=1S/C26H26O15/c27-9-3-1-8(2-4-9)13-5-10(28)15-14(39-13)6-11(29)16(18(15)32)22-23(17(31)12(30)7-38-22)40-26-21(35)19(33)20(34)24(41-26)25(36)37/h1-6,12,17,19-24,26-27,29-35H,7H2,(H,36,37)/t12-,17-,19-,20+,21+,22-,23+,24-,26+/m0/s1. The number of ether oxygens (including phenoxy) is 3. The minimum absolute atomic E-state index is 0.0244. The molecule has 220 valence electrons. The summed E-state index contributed by atoms with van der Waals surface area (Å²) in [6, 6.07) is 7.75. The number of carboxylic acid groups (broad SMARTS) is 1. The van der Waals surface area contributed by atoms with Crippen LogP contribution >= 0.6 is 0 Å². The molecule has 2 fully saturated rings. The van der Waals surface area contributed by atoms with Crippen molar-refractivity contribution >= 4 is 16.9 Å². The Hall–Kier alpha value is -3.80. The molecule has 0 amide bonds. The number of hydrogen-bond acceptors (Lipinski definition) is 14. The minimum atomic E-state index is -2.05. The number of rotatable bonds is 5. The predicted octanol–water partition coefficient (Wildman–Crippen LogP) is -1.35. The van der Waals surface area contributed by atoms with E-state index in [0.29, 0.717) is 5.56 Å². The Morgan fingerprint density at radius 2 is 1.59 bits per heavy atom. The highest BCUT2D eigenvalue weighted by atomic mass is 16.7. The lowest BCUT2D eigenvalue weighted by Gasteiger charge is -2.44. The van der Waals surface area contributed by atoms with Gasteiger partial charge in [0.05, 0.1) is 12.2 Å². The van der Waals surface area contributed by atoms with Crippen LogP contribution < -0.4 is 5.43 Å². The van der Waals surface area contributed by atoms with Crippen LogP contribution in [0.5, 0.6) is 17.2 Å². The fourth-order valence-corrected chi connectivity index (χ4v) is 4.87. The van der Waals surface area contributed by atoms with Crippen LogP contribution in [-0.2, 0) is 19.0 Å². The Kier molecular flexibility index (Phi) is 7.62. The molecule has 15 heteroatoms. The molecule has 9 N–H and O–H groups in total. The molecule has 0 radical (unpaired) electrons. The van der Waals surface area contributed by atoms with Crippen LogP contribution in [0.3, 0.4) is 0 Å². The summed E-state index contributed by atoms with van der Waals surface area (Å²) in [4.78, 5) is 24.5. The van der Waals surface area contributed by atoms with Crippen molar-refractivity contribution in [3.05, 3.63) is 52.2 Å². The molecule has 2 aliphatic rings. The smallest absolute Gasteiger partial charge is 0.335 e. The molecule has 2 aliphatic heterocycles. The van der Waals surface area contributed by atoms with Gasteiger partial charge < -0.3 is 64.6 Å². The largest absolute Gasteiger partial charge is 0.508 e. The van der Waals surface area contributed by atoms with Gasteiger partial charge in [0.25, 0.3) is 0 Å². The highest BCUT2D eigenvalue weighted by Gasteiger charge is 2.51. The van der Waals surface area contributed by atoms with Crippen molar-refractivity contribution < 1.29 is 69.4 Å². The Morgan fingerprint density at radius 1 is 0.902 bits per heavy atom. The summed E-state index contributed by atoms with van der Waals surface area (Å²) >= 11 is 0. The Bertz CT molecular complexity index is 1500. The van der Waals surface area contributed by atoms with Crippen molar-refractivity contribution in [2.45, 2.75) is 55.1 Å². The van der Waals surface area contributed by atoms with Crippen LogP contribution in [0.2, 0.25) is 0 Å². The predicted molar refractivity (Wildman–Crippen MR) is 133 cm³/mol. The molecule has 0 bridgehead atoms. The summed E-state index contributed by atoms with van der Waals surface area (Å²) in [7, 11) is 0. The van der Waals surface area contributed by atoms with E-state index in [4.69, 9.17) is 18.6 Å². The first kappa shape index (κ1) is 28.7. The molecule has 0 aliphatic carbocycles. The third kappa shape index (κ3) is 5.09. The van der Waals surface area contributed by atoms with Crippen LogP contribution in [0.4, 0.5) is 0 Å². The topological polar surface area (TPSA) is 257 Å². The average Bonchev–Trinajstić information content (AvgIpc) is 2.92. The molecule has 0 unspecified atom stereocenters. The van der Waals surface area contributed by atoms with E-state index >= 15 is 0 Å². The molecule has 5 rings (SSSR count). The number of fused-ring (bicyclic) bond motifs is 1. The van der Waals surface area contributed by atoms with Gasteiger partial charge in [-0.2, -0.15) is 0 Å². The van der Waals surface area contributed by atoms with Crippen molar-refractivity contribution in [3.8, 4) is 28.6 Å². The second-order valence-corrected chi connectivity index (χ2v) is 9.70. The van der Waals surface area contributed by atoms with E-state index < -0.39 is 90.2 Å². The van der Waals surface area contributed by atoms with Gasteiger partial charge in [0.2, 0.25) is 0 Å². The maximum absolute atomic E-state index is 13.1. The lowest BCUT2D eigenvalue weighted by molar-refractivity contribution is -0.330. The van der Waals surface area contributed by atoms with E-state index in [-0.39, 0.29) is 22.5 Å². The number of aliphatic hydroxyl groups is 5. The number of aliphatic carboxylic acids is 1. The van der Waals surface area contributed by atoms with Gasteiger partial charge in [-0.25, -0.2) is 4.79 Å². The zero-order chi connectivity index (χ0) is 29.7. The Morgan fingerprint density at radius 3 is 2.24 bits per heavy atom. The first-order chi connectivity index (χ1) is 19.4. The van der Waals surface area contributed by atoms with E-state index in [1.165, 1.54) is 24.3 Å². The summed E-state index contributed by atoms with van der Waals surface area (Å²) in [5.41, 5.74) is -1.04. The number of phenolic OH excluding ortho intramolecular Hbond substituents is 3. The van der Waals surface area contributed by atoms with Gasteiger partial charge in [-0.05, 0) is 24.3 Å². The highest BCUT2D eigenvalue weighted by molar-refractivity contribution is 5.88. The molecule has 3 heterocycles. The number of carboxylic acids is 1. The normalized spacial score (nSPS) is 32.2. The number of aromatic hydroxyl groups is 3. The minimum Gasteiger partial charge on any atom is -0.508 e. The number of benzene rings is 2. The molecule has 1 aromatic heterocycles. The second-order valence-electron chi connectivity index (χ2n) is 9.70. The summed E-state index contributed by atoms with van der Waals surface area (Å²) in [6.45, 7) is -0.538. The number of aliphatic hydroxyl groups excluding tert-OH is 5. The molecule has 0 saturated carbocycles. The first-order valence-corrected chi connectivity index (χ1v) is 12.3. The zero-order valence-corrected chi connectivity index (χ0v) is 20.8. The third-order valence-electron chi connectivity index (χ3n) is 7.03. The summed E-state index contributed by atoms with van der Waals surface area (Å²) in [6.07, 6.45) is -17.0. The van der Waals surface area contributed by atoms with Gasteiger partial charge in [-0.1, -0.05) is 0 Å². The van der Waals surface area contributed by atoms with Crippen molar-refractivity contribution in [2.24, 2.45) is 0 Å². The molecule has 41 heavy (non-hydrogen) atoms. The van der Waals surface area contributed by atoms with Crippen LogP contribution in [0.1, 0.15) is 11.7 Å². The van der Waals surface area contributed by atoms with E-state index in [0.717, 1.165) is 12.1 Å². The molecular weight excluding hydrogens is 552 g/mol. The SMILES string of the molecule is O=C(O)[C@H]1O[C@@H](O[C@@H]2[C@@H](O)[C@@H](O)CO[C@H]2c2c(O)cc3oc(-c4ccc(O)cc4)cc(=O)c3c2O)[C@H](O)[C@@H](O)[C@H]1O. The maximum atomic E-state index is 13.1. The average molecular weight is 578 g/mol. The van der Waals surface area contributed by atoms with Crippen molar-refractivity contribution in [2.75, 3.05) is 6.61 Å². The lowest BCUT2D eigenvalue weighted by Crippen LogP contribution is -2.62. The van der Waals surface area contributed by atoms with Crippen LogP contribution in [-0.4, -0.2) is 108 Å².